The van der Waals surface area contributed by atoms with E-state index in [4.69, 9.17) is 18.4 Å². The van der Waals surface area contributed by atoms with E-state index in [9.17, 15) is 4.79 Å². The van der Waals surface area contributed by atoms with E-state index in [1.807, 2.05) is 36.4 Å². The number of benzene rings is 2. The average Bonchev–Trinajstić information content (AvgIpc) is 3.15. The third-order valence-corrected chi connectivity index (χ3v) is 3.90. The monoisotopic (exact) mass is 349 g/mol. The lowest BCUT2D eigenvalue weighted by Crippen LogP contribution is -1.99. The average molecular weight is 349 g/mol. The molecule has 2 aromatic heterocycles. The van der Waals surface area contributed by atoms with E-state index >= 15 is 0 Å². The fraction of sp³-hybridized carbons (Fsp3) is 0.100. The fourth-order valence-corrected chi connectivity index (χ4v) is 2.62. The summed E-state index contributed by atoms with van der Waals surface area (Å²) < 4.78 is 21.7. The number of fused-ring (bicyclic) bond motifs is 1. The van der Waals surface area contributed by atoms with Crippen LogP contribution in [-0.4, -0.2) is 12.3 Å². The van der Waals surface area contributed by atoms with Crippen molar-refractivity contribution in [2.45, 2.75) is 6.61 Å². The largest absolute Gasteiger partial charge is 0.493 e. The summed E-state index contributed by atoms with van der Waals surface area (Å²) in [6.45, 7) is 0.165. The van der Waals surface area contributed by atoms with Crippen LogP contribution >= 0.6 is 0 Å². The molecule has 4 aromatic rings. The van der Waals surface area contributed by atoms with Gasteiger partial charge in [-0.25, -0.2) is 4.79 Å². The molecule has 4 rings (SSSR count). The van der Waals surface area contributed by atoms with Gasteiger partial charge in [-0.1, -0.05) is 35.5 Å². The third-order valence-electron chi connectivity index (χ3n) is 3.90. The molecule has 0 unspecified atom stereocenters. The summed E-state index contributed by atoms with van der Waals surface area (Å²) in [6.07, 6.45) is 0. The van der Waals surface area contributed by atoms with E-state index in [-0.39, 0.29) is 6.61 Å². The van der Waals surface area contributed by atoms with Crippen LogP contribution in [0.2, 0.25) is 0 Å². The van der Waals surface area contributed by atoms with Crippen molar-refractivity contribution in [3.05, 3.63) is 76.8 Å². The van der Waals surface area contributed by atoms with E-state index in [1.165, 1.54) is 6.07 Å². The first kappa shape index (κ1) is 16.0. The normalized spacial score (nSPS) is 10.8. The molecular formula is C20H15NO5. The topological polar surface area (TPSA) is 74.7 Å². The molecule has 2 aromatic carbocycles. The molecule has 0 aliphatic rings. The molecule has 0 radical (unpaired) electrons. The maximum atomic E-state index is 11.4. The number of ether oxygens (including phenoxy) is 2. The van der Waals surface area contributed by atoms with Gasteiger partial charge in [-0.2, -0.15) is 0 Å². The minimum Gasteiger partial charge on any atom is -0.493 e. The minimum atomic E-state index is -0.420. The zero-order valence-electron chi connectivity index (χ0n) is 14.0. The molecule has 0 N–H and O–H groups in total. The van der Waals surface area contributed by atoms with Crippen LogP contribution in [0, 0.1) is 0 Å². The van der Waals surface area contributed by atoms with E-state index in [2.05, 4.69) is 5.16 Å². The number of rotatable bonds is 5. The van der Waals surface area contributed by atoms with Gasteiger partial charge in [0.15, 0.2) is 17.3 Å². The van der Waals surface area contributed by atoms with Gasteiger partial charge in [0.1, 0.15) is 17.9 Å². The molecule has 0 saturated heterocycles. The number of nitrogens with zero attached hydrogens (tertiary/aromatic N) is 1. The van der Waals surface area contributed by atoms with Gasteiger partial charge in [-0.05, 0) is 12.1 Å². The standard InChI is InChI=1S/C20H15NO5/c1-23-18-9-14-7-8-20(22)25-17(14)11-19(18)24-12-15-10-16(21-26-15)13-5-3-2-4-6-13/h2-11H,12H2,1H3. The predicted octanol–water partition coefficient (Wildman–Crippen LogP) is 4.04. The maximum absolute atomic E-state index is 11.4. The summed E-state index contributed by atoms with van der Waals surface area (Å²) in [5, 5.41) is 4.81. The van der Waals surface area contributed by atoms with Crippen LogP contribution in [0.15, 0.2) is 74.4 Å². The first-order chi connectivity index (χ1) is 12.7. The Morgan fingerprint density at radius 2 is 1.85 bits per heavy atom. The van der Waals surface area contributed by atoms with Gasteiger partial charge in [0, 0.05) is 29.1 Å². The Labute approximate surface area is 148 Å². The number of aromatic nitrogens is 1. The van der Waals surface area contributed by atoms with Crippen LogP contribution in [0.4, 0.5) is 0 Å². The summed E-state index contributed by atoms with van der Waals surface area (Å²) in [5.74, 6) is 1.56. The van der Waals surface area contributed by atoms with Crippen LogP contribution in [0.5, 0.6) is 11.5 Å². The highest BCUT2D eigenvalue weighted by Gasteiger charge is 2.12. The molecule has 0 atom stereocenters. The van der Waals surface area contributed by atoms with E-state index in [0.717, 1.165) is 16.6 Å². The van der Waals surface area contributed by atoms with Crippen LogP contribution in [0.3, 0.4) is 0 Å². The number of methoxy groups -OCH3 is 1. The Morgan fingerprint density at radius 3 is 2.65 bits per heavy atom. The van der Waals surface area contributed by atoms with Gasteiger partial charge in [0.2, 0.25) is 0 Å². The molecule has 6 nitrogen and oxygen atoms in total. The third kappa shape index (κ3) is 3.17. The quantitative estimate of drug-likeness (QED) is 0.506. The van der Waals surface area contributed by atoms with Gasteiger partial charge < -0.3 is 18.4 Å². The molecule has 26 heavy (non-hydrogen) atoms. The molecular weight excluding hydrogens is 334 g/mol. The van der Waals surface area contributed by atoms with Crippen molar-refractivity contribution >= 4 is 11.0 Å². The Morgan fingerprint density at radius 1 is 1.00 bits per heavy atom. The van der Waals surface area contributed by atoms with E-state index < -0.39 is 5.63 Å². The first-order valence-corrected chi connectivity index (χ1v) is 7.98. The number of hydrogen-bond acceptors (Lipinski definition) is 6. The Bertz CT molecular complexity index is 1100. The molecule has 0 amide bonds. The lowest BCUT2D eigenvalue weighted by Gasteiger charge is -2.10. The van der Waals surface area contributed by atoms with Gasteiger partial charge >= 0.3 is 5.63 Å². The van der Waals surface area contributed by atoms with E-state index in [0.29, 0.717) is 22.8 Å². The zero-order chi connectivity index (χ0) is 17.9. The van der Waals surface area contributed by atoms with Gasteiger partial charge in [0.25, 0.3) is 0 Å². The van der Waals surface area contributed by atoms with Crippen molar-refractivity contribution in [3.63, 3.8) is 0 Å². The molecule has 0 fully saturated rings. The zero-order valence-corrected chi connectivity index (χ0v) is 14.0. The summed E-state index contributed by atoms with van der Waals surface area (Å²) in [6, 6.07) is 18.0. The smallest absolute Gasteiger partial charge is 0.336 e. The highest BCUT2D eigenvalue weighted by atomic mass is 16.5. The summed E-state index contributed by atoms with van der Waals surface area (Å²) >= 11 is 0. The second-order valence-corrected chi connectivity index (χ2v) is 5.63. The number of hydrogen-bond donors (Lipinski definition) is 0. The lowest BCUT2D eigenvalue weighted by molar-refractivity contribution is 0.239. The minimum absolute atomic E-state index is 0.165. The first-order valence-electron chi connectivity index (χ1n) is 7.98. The molecule has 0 saturated carbocycles. The van der Waals surface area contributed by atoms with Crippen molar-refractivity contribution in [1.29, 1.82) is 0 Å². The molecule has 0 aliphatic carbocycles. The van der Waals surface area contributed by atoms with Crippen LogP contribution in [0.25, 0.3) is 22.2 Å². The van der Waals surface area contributed by atoms with Crippen LogP contribution in [0.1, 0.15) is 5.76 Å². The molecule has 2 heterocycles. The van der Waals surface area contributed by atoms with Crippen molar-refractivity contribution in [2.24, 2.45) is 0 Å². The SMILES string of the molecule is COc1cc2ccc(=O)oc2cc1OCc1cc(-c2ccccc2)no1. The molecule has 130 valence electrons. The summed E-state index contributed by atoms with van der Waals surface area (Å²) in [4.78, 5) is 11.4. The maximum Gasteiger partial charge on any atom is 0.336 e. The molecule has 6 heteroatoms. The highest BCUT2D eigenvalue weighted by molar-refractivity contribution is 5.80. The molecule has 0 bridgehead atoms. The predicted molar refractivity (Wildman–Crippen MR) is 95.3 cm³/mol. The summed E-state index contributed by atoms with van der Waals surface area (Å²) in [7, 11) is 1.55. The second-order valence-electron chi connectivity index (χ2n) is 5.63. The Hall–Kier alpha value is -3.54. The van der Waals surface area contributed by atoms with Crippen LogP contribution < -0.4 is 15.1 Å². The second kappa shape index (κ2) is 6.76. The Balaban J connectivity index is 1.58. The lowest BCUT2D eigenvalue weighted by atomic mass is 10.1. The van der Waals surface area contributed by atoms with Crippen molar-refractivity contribution in [2.75, 3.05) is 7.11 Å². The van der Waals surface area contributed by atoms with Gasteiger partial charge in [0.05, 0.1) is 7.11 Å². The Kier molecular flexibility index (Phi) is 4.15. The molecule has 0 spiro atoms. The van der Waals surface area contributed by atoms with Crippen molar-refractivity contribution in [1.82, 2.24) is 5.16 Å². The van der Waals surface area contributed by atoms with Crippen molar-refractivity contribution in [3.8, 4) is 22.8 Å². The fourth-order valence-electron chi connectivity index (χ4n) is 2.62. The van der Waals surface area contributed by atoms with Gasteiger partial charge in [-0.3, -0.25) is 0 Å². The molecule has 0 aliphatic heterocycles. The van der Waals surface area contributed by atoms with Crippen LogP contribution in [-0.2, 0) is 6.61 Å². The van der Waals surface area contributed by atoms with Crippen molar-refractivity contribution < 1.29 is 18.4 Å². The van der Waals surface area contributed by atoms with E-state index in [1.54, 1.807) is 25.3 Å². The van der Waals surface area contributed by atoms with Gasteiger partial charge in [-0.15, -0.1) is 0 Å². The summed E-state index contributed by atoms with van der Waals surface area (Å²) in [5.41, 5.74) is 1.71. The highest BCUT2D eigenvalue weighted by Crippen LogP contribution is 2.32.